The smallest absolute Gasteiger partial charge is 0.320 e. The van der Waals surface area contributed by atoms with Crippen molar-refractivity contribution >= 4 is 11.9 Å². The quantitative estimate of drug-likeness (QED) is 0.440. The Hall–Kier alpha value is -1.10. The minimum Gasteiger partial charge on any atom is -0.466 e. The molecule has 0 aromatic rings. The van der Waals surface area contributed by atoms with Gasteiger partial charge in [0.2, 0.25) is 0 Å². The molecule has 0 radical (unpaired) electrons. The summed E-state index contributed by atoms with van der Waals surface area (Å²) in [4.78, 5) is 24.2. The zero-order chi connectivity index (χ0) is 13.8. The topological polar surface area (TPSA) is 55.8 Å². The molecule has 0 amide bonds. The second-order valence-corrected chi connectivity index (χ2v) is 4.16. The van der Waals surface area contributed by atoms with Gasteiger partial charge in [-0.15, -0.1) is 0 Å². The molecule has 106 valence electrons. The Balaban J connectivity index is 3.43. The summed E-state index contributed by atoms with van der Waals surface area (Å²) in [7, 11) is 1.89. The highest BCUT2D eigenvalue weighted by Crippen LogP contribution is 2.02. The number of esters is 2. The highest BCUT2D eigenvalue weighted by Gasteiger charge is 2.06. The van der Waals surface area contributed by atoms with Crippen LogP contribution in [0.2, 0.25) is 0 Å². The van der Waals surface area contributed by atoms with E-state index in [2.05, 4.69) is 0 Å². The zero-order valence-electron chi connectivity index (χ0n) is 11.7. The van der Waals surface area contributed by atoms with Crippen LogP contribution in [0.15, 0.2) is 0 Å². The van der Waals surface area contributed by atoms with E-state index in [4.69, 9.17) is 9.47 Å². The number of likely N-dealkylation sites (N-methyl/N-ethyl adjacent to an activating group) is 1. The normalized spacial score (nSPS) is 10.4. The predicted octanol–water partition coefficient (Wildman–Crippen LogP) is 1.60. The number of ether oxygens (including phenoxy) is 2. The van der Waals surface area contributed by atoms with Gasteiger partial charge in [0.25, 0.3) is 0 Å². The van der Waals surface area contributed by atoms with Gasteiger partial charge in [-0.1, -0.05) is 6.42 Å². The maximum Gasteiger partial charge on any atom is 0.320 e. The predicted molar refractivity (Wildman–Crippen MR) is 69.2 cm³/mol. The van der Waals surface area contributed by atoms with Gasteiger partial charge in [0.05, 0.1) is 19.8 Å². The fourth-order valence-corrected chi connectivity index (χ4v) is 1.57. The third kappa shape index (κ3) is 10.1. The lowest BCUT2D eigenvalue weighted by molar-refractivity contribution is -0.144. The molecule has 0 rings (SSSR count). The van der Waals surface area contributed by atoms with Gasteiger partial charge < -0.3 is 9.47 Å². The van der Waals surface area contributed by atoms with Crippen molar-refractivity contribution in [3.05, 3.63) is 0 Å². The molecule has 0 aliphatic rings. The van der Waals surface area contributed by atoms with Crippen molar-refractivity contribution < 1.29 is 19.1 Å². The van der Waals surface area contributed by atoms with Gasteiger partial charge in [0.15, 0.2) is 0 Å². The van der Waals surface area contributed by atoms with Crippen LogP contribution in [0, 0.1) is 0 Å². The molecule has 0 N–H and O–H groups in total. The van der Waals surface area contributed by atoms with Crippen LogP contribution in [0.4, 0.5) is 0 Å². The molecule has 18 heavy (non-hydrogen) atoms. The molecule has 0 atom stereocenters. The van der Waals surface area contributed by atoms with Crippen LogP contribution >= 0.6 is 0 Å². The monoisotopic (exact) mass is 259 g/mol. The van der Waals surface area contributed by atoms with Crippen molar-refractivity contribution in [1.29, 1.82) is 0 Å². The molecule has 0 saturated carbocycles. The average molecular weight is 259 g/mol. The number of hydrogen-bond acceptors (Lipinski definition) is 5. The van der Waals surface area contributed by atoms with E-state index in [0.29, 0.717) is 26.2 Å². The molecule has 0 unspecified atom stereocenters. The van der Waals surface area contributed by atoms with Crippen LogP contribution in [-0.2, 0) is 19.1 Å². The number of carbonyl (C=O) groups is 2. The Bertz CT molecular complexity index is 243. The molecule has 0 bridgehead atoms. The van der Waals surface area contributed by atoms with Gasteiger partial charge in [-0.2, -0.15) is 0 Å². The van der Waals surface area contributed by atoms with Crippen LogP contribution in [-0.4, -0.2) is 50.2 Å². The molecule has 0 aromatic heterocycles. The minimum atomic E-state index is -0.188. The van der Waals surface area contributed by atoms with Gasteiger partial charge in [0.1, 0.15) is 0 Å². The van der Waals surface area contributed by atoms with Crippen LogP contribution in [0.3, 0.4) is 0 Å². The zero-order valence-corrected chi connectivity index (χ0v) is 11.7. The lowest BCUT2D eigenvalue weighted by atomic mass is 10.2. The van der Waals surface area contributed by atoms with Gasteiger partial charge in [0, 0.05) is 6.42 Å². The lowest BCUT2D eigenvalue weighted by Crippen LogP contribution is -2.28. The van der Waals surface area contributed by atoms with Crippen molar-refractivity contribution in [3.8, 4) is 0 Å². The molecule has 0 spiro atoms. The Morgan fingerprint density at radius 1 is 0.944 bits per heavy atom. The summed E-state index contributed by atoms with van der Waals surface area (Å²) in [5.74, 6) is -0.316. The molecule has 0 saturated heterocycles. The fourth-order valence-electron chi connectivity index (χ4n) is 1.57. The standard InChI is InChI=1S/C13H25NO4/c1-4-17-12(15)9-7-6-8-10-14(3)11-13(16)18-5-2/h4-11H2,1-3H3. The lowest BCUT2D eigenvalue weighted by Gasteiger charge is -2.15. The number of hydrogen-bond donors (Lipinski definition) is 0. The highest BCUT2D eigenvalue weighted by atomic mass is 16.5. The summed E-state index contributed by atoms with van der Waals surface area (Å²) in [5.41, 5.74) is 0. The molecule has 0 aliphatic heterocycles. The summed E-state index contributed by atoms with van der Waals surface area (Å²) >= 11 is 0. The molecule has 0 heterocycles. The van der Waals surface area contributed by atoms with Crippen LogP contribution in [0.1, 0.15) is 39.5 Å². The third-order valence-electron chi connectivity index (χ3n) is 2.43. The maximum absolute atomic E-state index is 11.2. The Labute approximate surface area is 109 Å². The first-order valence-electron chi connectivity index (χ1n) is 6.59. The molecule has 0 fully saturated rings. The Morgan fingerprint density at radius 3 is 2.17 bits per heavy atom. The fraction of sp³-hybridized carbons (Fsp3) is 0.846. The van der Waals surface area contributed by atoms with Gasteiger partial charge in [-0.3, -0.25) is 14.5 Å². The van der Waals surface area contributed by atoms with Crippen LogP contribution in [0.5, 0.6) is 0 Å². The summed E-state index contributed by atoms with van der Waals surface area (Å²) in [5, 5.41) is 0. The van der Waals surface area contributed by atoms with Crippen LogP contribution in [0.25, 0.3) is 0 Å². The first kappa shape index (κ1) is 16.9. The van der Waals surface area contributed by atoms with Crippen molar-refractivity contribution in [2.75, 3.05) is 33.4 Å². The summed E-state index contributed by atoms with van der Waals surface area (Å²) in [6.45, 7) is 5.64. The third-order valence-corrected chi connectivity index (χ3v) is 2.43. The largest absolute Gasteiger partial charge is 0.466 e. The van der Waals surface area contributed by atoms with E-state index >= 15 is 0 Å². The van der Waals surface area contributed by atoms with E-state index in [0.717, 1.165) is 25.8 Å². The van der Waals surface area contributed by atoms with Crippen molar-refractivity contribution in [3.63, 3.8) is 0 Å². The molecular formula is C13H25NO4. The maximum atomic E-state index is 11.2. The minimum absolute atomic E-state index is 0.127. The number of nitrogens with zero attached hydrogens (tertiary/aromatic N) is 1. The summed E-state index contributed by atoms with van der Waals surface area (Å²) < 4.78 is 9.70. The molecular weight excluding hydrogens is 234 g/mol. The molecule has 0 aromatic carbocycles. The number of rotatable bonds is 10. The second-order valence-electron chi connectivity index (χ2n) is 4.16. The summed E-state index contributed by atoms with van der Waals surface area (Å²) in [6.07, 6.45) is 3.25. The average Bonchev–Trinajstić information content (AvgIpc) is 2.29. The van der Waals surface area contributed by atoms with E-state index in [-0.39, 0.29) is 11.9 Å². The van der Waals surface area contributed by atoms with Crippen molar-refractivity contribution in [2.45, 2.75) is 39.5 Å². The van der Waals surface area contributed by atoms with Gasteiger partial charge in [-0.05, 0) is 40.3 Å². The van der Waals surface area contributed by atoms with Crippen molar-refractivity contribution in [2.24, 2.45) is 0 Å². The SMILES string of the molecule is CCOC(=O)CCCCCN(C)CC(=O)OCC. The van der Waals surface area contributed by atoms with Crippen LogP contribution < -0.4 is 0 Å². The molecule has 5 nitrogen and oxygen atoms in total. The van der Waals surface area contributed by atoms with E-state index in [1.807, 2.05) is 18.9 Å². The Morgan fingerprint density at radius 2 is 1.56 bits per heavy atom. The van der Waals surface area contributed by atoms with E-state index < -0.39 is 0 Å². The van der Waals surface area contributed by atoms with E-state index in [9.17, 15) is 9.59 Å². The second kappa shape index (κ2) is 11.0. The number of unbranched alkanes of at least 4 members (excludes halogenated alkanes) is 2. The first-order valence-corrected chi connectivity index (χ1v) is 6.59. The molecule has 5 heteroatoms. The highest BCUT2D eigenvalue weighted by molar-refractivity contribution is 5.71. The summed E-state index contributed by atoms with van der Waals surface area (Å²) in [6, 6.07) is 0. The molecule has 0 aliphatic carbocycles. The number of carbonyl (C=O) groups excluding carboxylic acids is 2. The first-order chi connectivity index (χ1) is 8.60. The van der Waals surface area contributed by atoms with E-state index in [1.54, 1.807) is 6.92 Å². The van der Waals surface area contributed by atoms with Crippen molar-refractivity contribution in [1.82, 2.24) is 4.90 Å². The van der Waals surface area contributed by atoms with Gasteiger partial charge >= 0.3 is 11.9 Å². The van der Waals surface area contributed by atoms with Gasteiger partial charge in [-0.25, -0.2) is 0 Å². The van der Waals surface area contributed by atoms with E-state index in [1.165, 1.54) is 0 Å². The Kier molecular flexibility index (Phi) is 10.3.